The monoisotopic (exact) mass is 470 g/mol. The number of nitrogens with one attached hydrogen (secondary N) is 2. The Morgan fingerprint density at radius 3 is 2.50 bits per heavy atom. The van der Waals surface area contributed by atoms with Crippen LogP contribution in [0.1, 0.15) is 19.4 Å². The molecule has 32 heavy (non-hydrogen) atoms. The van der Waals surface area contributed by atoms with Crippen molar-refractivity contribution in [2.24, 2.45) is 0 Å². The first-order valence-corrected chi connectivity index (χ1v) is 11.8. The topological polar surface area (TPSA) is 134 Å². The Balaban J connectivity index is 1.96. The number of likely N-dealkylation sites (N-methyl/N-ethyl adjacent to an activating group) is 1. The number of hydrogen-bond acceptors (Lipinski definition) is 7. The zero-order chi connectivity index (χ0) is 24.1. The fraction of sp³-hybridized carbons (Fsp3) is 0.550. The zero-order valence-corrected chi connectivity index (χ0v) is 19.7. The summed E-state index contributed by atoms with van der Waals surface area (Å²) in [5.41, 5.74) is -0.663. The molecule has 1 aromatic rings. The Kier molecular flexibility index (Phi) is 8.07. The van der Waals surface area contributed by atoms with Gasteiger partial charge in [-0.1, -0.05) is 6.07 Å². The number of piperazine rings is 1. The van der Waals surface area contributed by atoms with Gasteiger partial charge in [0, 0.05) is 20.1 Å². The SMILES string of the molecule is CCOc1cc(CNC(=O)CNC(=O)C2(C)CN(S(C)(=O)=O)CC(=O)N2C)ccc1OC. The molecule has 3 amide bonds. The van der Waals surface area contributed by atoms with Gasteiger partial charge in [-0.3, -0.25) is 14.4 Å². The van der Waals surface area contributed by atoms with E-state index >= 15 is 0 Å². The van der Waals surface area contributed by atoms with Crippen molar-refractivity contribution in [3.05, 3.63) is 23.8 Å². The fourth-order valence-electron chi connectivity index (χ4n) is 3.21. The second-order valence-corrected chi connectivity index (χ2v) is 9.62. The second kappa shape index (κ2) is 10.2. The molecule has 1 unspecified atom stereocenters. The highest BCUT2D eigenvalue weighted by atomic mass is 32.2. The van der Waals surface area contributed by atoms with E-state index < -0.39 is 33.3 Å². The third-order valence-corrected chi connectivity index (χ3v) is 6.49. The highest BCUT2D eigenvalue weighted by Crippen LogP contribution is 2.28. The summed E-state index contributed by atoms with van der Waals surface area (Å²) in [6, 6.07) is 5.27. The molecule has 1 saturated heterocycles. The Morgan fingerprint density at radius 1 is 1.22 bits per heavy atom. The van der Waals surface area contributed by atoms with Crippen LogP contribution in [0, 0.1) is 0 Å². The molecule has 1 atom stereocenters. The minimum Gasteiger partial charge on any atom is -0.493 e. The summed E-state index contributed by atoms with van der Waals surface area (Å²) in [6.45, 7) is 3.12. The first-order chi connectivity index (χ1) is 14.9. The van der Waals surface area contributed by atoms with Crippen LogP contribution in [0.5, 0.6) is 11.5 Å². The van der Waals surface area contributed by atoms with Crippen molar-refractivity contribution in [1.29, 1.82) is 0 Å². The first kappa shape index (κ1) is 25.4. The van der Waals surface area contributed by atoms with Gasteiger partial charge in [-0.25, -0.2) is 8.42 Å². The van der Waals surface area contributed by atoms with Crippen LogP contribution in [0.3, 0.4) is 0 Å². The van der Waals surface area contributed by atoms with Crippen molar-refractivity contribution in [2.45, 2.75) is 25.9 Å². The number of methoxy groups -OCH3 is 1. The highest BCUT2D eigenvalue weighted by molar-refractivity contribution is 7.88. The first-order valence-electron chi connectivity index (χ1n) is 9.99. The molecule has 178 valence electrons. The van der Waals surface area contributed by atoms with Crippen molar-refractivity contribution < 1.29 is 32.3 Å². The van der Waals surface area contributed by atoms with Gasteiger partial charge in [-0.05, 0) is 31.5 Å². The van der Waals surface area contributed by atoms with E-state index in [9.17, 15) is 22.8 Å². The maximum Gasteiger partial charge on any atom is 0.247 e. The van der Waals surface area contributed by atoms with Gasteiger partial charge in [0.15, 0.2) is 11.5 Å². The van der Waals surface area contributed by atoms with E-state index in [1.165, 1.54) is 26.0 Å². The van der Waals surface area contributed by atoms with E-state index in [4.69, 9.17) is 9.47 Å². The number of hydrogen-bond donors (Lipinski definition) is 2. The minimum absolute atomic E-state index is 0.201. The molecular weight excluding hydrogens is 440 g/mol. The van der Waals surface area contributed by atoms with Gasteiger partial charge in [0.25, 0.3) is 0 Å². The summed E-state index contributed by atoms with van der Waals surface area (Å²) in [4.78, 5) is 38.5. The predicted octanol–water partition coefficient (Wildman–Crippen LogP) is -0.681. The summed E-state index contributed by atoms with van der Waals surface area (Å²) in [5, 5.41) is 5.18. The van der Waals surface area contributed by atoms with E-state index in [0.29, 0.717) is 18.1 Å². The lowest BCUT2D eigenvalue weighted by molar-refractivity contribution is -0.150. The van der Waals surface area contributed by atoms with Gasteiger partial charge in [-0.15, -0.1) is 0 Å². The van der Waals surface area contributed by atoms with Crippen molar-refractivity contribution in [3.8, 4) is 11.5 Å². The lowest BCUT2D eigenvalue weighted by Gasteiger charge is -2.44. The largest absolute Gasteiger partial charge is 0.493 e. The Hall–Kier alpha value is -2.86. The molecule has 1 heterocycles. The molecule has 1 aromatic carbocycles. The van der Waals surface area contributed by atoms with E-state index in [0.717, 1.165) is 16.1 Å². The van der Waals surface area contributed by atoms with Gasteiger partial charge in [0.2, 0.25) is 27.7 Å². The van der Waals surface area contributed by atoms with Crippen LogP contribution >= 0.6 is 0 Å². The number of ether oxygens (including phenoxy) is 2. The number of carbonyl (C=O) groups excluding carboxylic acids is 3. The Bertz CT molecular complexity index is 982. The van der Waals surface area contributed by atoms with Crippen LogP contribution in [0.2, 0.25) is 0 Å². The number of rotatable bonds is 9. The third kappa shape index (κ3) is 5.88. The van der Waals surface area contributed by atoms with Crippen LogP contribution in [0.15, 0.2) is 18.2 Å². The maximum atomic E-state index is 12.8. The number of sulfonamides is 1. The van der Waals surface area contributed by atoms with Crippen molar-refractivity contribution >= 4 is 27.7 Å². The molecule has 0 aromatic heterocycles. The number of nitrogens with zero attached hydrogens (tertiary/aromatic N) is 2. The lowest BCUT2D eigenvalue weighted by atomic mass is 9.96. The Morgan fingerprint density at radius 2 is 1.91 bits per heavy atom. The molecule has 0 saturated carbocycles. The maximum absolute atomic E-state index is 12.8. The molecule has 12 heteroatoms. The molecule has 1 aliphatic rings. The molecule has 2 N–H and O–H groups in total. The Labute approximate surface area is 188 Å². The van der Waals surface area contributed by atoms with Crippen LogP contribution < -0.4 is 20.1 Å². The summed E-state index contributed by atoms with van der Waals surface area (Å²) >= 11 is 0. The number of benzene rings is 1. The average Bonchev–Trinajstić information content (AvgIpc) is 2.73. The van der Waals surface area contributed by atoms with Gasteiger partial charge < -0.3 is 25.0 Å². The summed E-state index contributed by atoms with van der Waals surface area (Å²) in [7, 11) is -0.694. The smallest absolute Gasteiger partial charge is 0.247 e. The lowest BCUT2D eigenvalue weighted by Crippen LogP contribution is -2.68. The molecule has 1 fully saturated rings. The van der Waals surface area contributed by atoms with E-state index in [1.807, 2.05) is 6.92 Å². The second-order valence-electron chi connectivity index (χ2n) is 7.64. The molecule has 0 bridgehead atoms. The summed E-state index contributed by atoms with van der Waals surface area (Å²) < 4.78 is 35.5. The van der Waals surface area contributed by atoms with Crippen molar-refractivity contribution in [1.82, 2.24) is 19.8 Å². The van der Waals surface area contributed by atoms with Gasteiger partial charge in [0.1, 0.15) is 5.54 Å². The minimum atomic E-state index is -3.66. The van der Waals surface area contributed by atoms with E-state index in [2.05, 4.69) is 10.6 Å². The number of carbonyl (C=O) groups is 3. The molecular formula is C20H30N4O7S. The zero-order valence-electron chi connectivity index (χ0n) is 18.9. The van der Waals surface area contributed by atoms with Crippen molar-refractivity contribution in [3.63, 3.8) is 0 Å². The fourth-order valence-corrected chi connectivity index (χ4v) is 4.04. The van der Waals surface area contributed by atoms with Gasteiger partial charge in [0.05, 0.1) is 33.1 Å². The molecule has 0 spiro atoms. The molecule has 1 aliphatic heterocycles. The molecule has 0 aliphatic carbocycles. The van der Waals surface area contributed by atoms with E-state index in [1.54, 1.807) is 18.2 Å². The molecule has 0 radical (unpaired) electrons. The van der Waals surface area contributed by atoms with Gasteiger partial charge >= 0.3 is 0 Å². The third-order valence-electron chi connectivity index (χ3n) is 5.30. The molecule has 2 rings (SSSR count). The predicted molar refractivity (Wildman–Crippen MR) is 117 cm³/mol. The average molecular weight is 471 g/mol. The van der Waals surface area contributed by atoms with Crippen LogP contribution in [0.25, 0.3) is 0 Å². The molecule has 11 nitrogen and oxygen atoms in total. The van der Waals surface area contributed by atoms with Crippen LogP contribution in [-0.2, 0) is 31.0 Å². The summed E-state index contributed by atoms with van der Waals surface area (Å²) in [6.07, 6.45) is 0.980. The van der Waals surface area contributed by atoms with Gasteiger partial charge in [-0.2, -0.15) is 4.31 Å². The van der Waals surface area contributed by atoms with Crippen LogP contribution in [-0.4, -0.2) is 87.5 Å². The standard InChI is InChI=1S/C20H30N4O7S/c1-6-31-16-9-14(7-8-15(16)30-4)10-21-17(25)11-22-19(27)20(2)13-24(32(5,28)29)12-18(26)23(20)3/h7-9H,6,10-13H2,1-5H3,(H,21,25)(H,22,27). The quantitative estimate of drug-likeness (QED) is 0.488. The normalized spacial score (nSPS) is 19.4. The number of amides is 3. The van der Waals surface area contributed by atoms with E-state index in [-0.39, 0.29) is 26.2 Å². The summed E-state index contributed by atoms with van der Waals surface area (Å²) in [5.74, 6) is -0.436. The van der Waals surface area contributed by atoms with Crippen LogP contribution in [0.4, 0.5) is 0 Å². The van der Waals surface area contributed by atoms with Crippen molar-refractivity contribution in [2.75, 3.05) is 46.7 Å². The highest BCUT2D eigenvalue weighted by Gasteiger charge is 2.47.